The number of nitrogens with zero attached hydrogens (tertiary/aromatic N) is 16. The topological polar surface area (TPSA) is 338 Å². The largest absolute Gasteiger partial charge is 0.463 e. The van der Waals surface area contributed by atoms with E-state index in [1.807, 2.05) is 40.4 Å². The van der Waals surface area contributed by atoms with Crippen molar-refractivity contribution < 1.29 is 38.1 Å². The maximum absolute atomic E-state index is 12.4. The molecule has 4 aromatic carbocycles. The number of Topliss-reactive ketones (excluding diaryl/α,β-unsaturated/α-hetero) is 4. The molecular formula is C95H130N20O8. The number of ketones is 4. The summed E-state index contributed by atoms with van der Waals surface area (Å²) < 4.78 is 23.4. The minimum Gasteiger partial charge on any atom is -0.463 e. The minimum absolute atomic E-state index is 0.0170. The Morgan fingerprint density at radius 3 is 0.951 bits per heavy atom. The maximum Gasteiger partial charge on any atom is 0.320 e. The highest BCUT2D eigenvalue weighted by atomic mass is 16.5. The summed E-state index contributed by atoms with van der Waals surface area (Å²) in [5.74, 6) is 4.75. The molecule has 0 aliphatic carbocycles. The highest BCUT2D eigenvalue weighted by molar-refractivity contribution is 5.93. The number of hydrogen-bond donors (Lipinski definition) is 4. The summed E-state index contributed by atoms with van der Waals surface area (Å²) in [5, 5.41) is 0. The molecule has 0 radical (unpaired) electrons. The molecule has 8 aliphatic rings. The SMILES string of the molecule is CCCCOc1nc(N)c2c(n1)N(Cc1ccccc1CN1CCCC1)CC(=O)C2.CCC[C@@H](C)Oc1nc(N)c2c(n1)N(Cc1ccc(CN3CCCC3)cc1)CC(=O)C2.CCC[C@@H](C)Oc1nc(N)c2c(n1)N(Cc1cccc(CN3CCCC3)c1)CC(=O)C2.CCC[C@H](C)Oc1nc(N)c2c(n1)N(Cc1cccc(CN3CCCC3)c1)CC(=O)C2. The van der Waals surface area contributed by atoms with Gasteiger partial charge in [0.2, 0.25) is 0 Å². The lowest BCUT2D eigenvalue weighted by Crippen LogP contribution is -2.37. The molecule has 8 N–H and O–H groups in total. The van der Waals surface area contributed by atoms with Crippen molar-refractivity contribution >= 4 is 69.7 Å². The molecule has 123 heavy (non-hydrogen) atoms. The van der Waals surface area contributed by atoms with E-state index in [1.54, 1.807) is 0 Å². The molecule has 4 aromatic heterocycles. The van der Waals surface area contributed by atoms with Crippen molar-refractivity contribution in [2.45, 2.75) is 248 Å². The number of benzene rings is 4. The average Bonchev–Trinajstić information content (AvgIpc) is 1.68. The zero-order valence-corrected chi connectivity index (χ0v) is 73.7. The normalized spacial score (nSPS) is 17.4. The van der Waals surface area contributed by atoms with Gasteiger partial charge in [-0.25, -0.2) is 0 Å². The summed E-state index contributed by atoms with van der Waals surface area (Å²) >= 11 is 0. The standard InChI is InChI=1S/3C24H33N5O2.C23H31N5O2/c2*1-3-7-17(2)31-24-26-22(25)21-13-20(30)16-29(23(21)27-24)15-19-9-6-8-18(12-19)14-28-10-4-5-11-28;1-3-6-17(2)31-24-26-22(25)21-13-20(30)16-29(23(21)27-24)15-19-9-7-18(8-10-19)14-28-11-4-5-12-28;1-2-3-12-30-23-25-21(24)20-13-19(29)16-28(22(20)26-23)15-18-9-5-4-8-17(18)14-27-10-6-7-11-27/h2*6,8-9,12,17H,3-5,7,10-11,13-16H2,1-2H3,(H2,25,26,27);7-10,17H,3-6,11-16H2,1-2H3,(H2,25,26,27);4-5,8-9H,2-3,6-7,10-16H2,1H3,(H2,24,25,26)/t3*17-;/m101./s1. The molecule has 0 saturated carbocycles. The van der Waals surface area contributed by atoms with Crippen molar-refractivity contribution in [2.75, 3.05) is 128 Å². The van der Waals surface area contributed by atoms with E-state index in [0.29, 0.717) is 128 Å². The Labute approximate surface area is 726 Å². The number of unbranched alkanes of at least 4 members (excludes halogenated alkanes) is 1. The smallest absolute Gasteiger partial charge is 0.320 e. The number of ether oxygens (including phenoxy) is 4. The highest BCUT2D eigenvalue weighted by Gasteiger charge is 2.34. The fourth-order valence-electron chi connectivity index (χ4n) is 17.7. The van der Waals surface area contributed by atoms with Gasteiger partial charge in [-0.1, -0.05) is 150 Å². The van der Waals surface area contributed by atoms with Crippen LogP contribution in [0.15, 0.2) is 97.1 Å². The lowest BCUT2D eigenvalue weighted by Gasteiger charge is -2.31. The van der Waals surface area contributed by atoms with Crippen LogP contribution in [-0.4, -0.2) is 186 Å². The number of rotatable bonds is 32. The molecular weight excluding hydrogens is 1550 g/mol. The highest BCUT2D eigenvalue weighted by Crippen LogP contribution is 2.37. The first-order chi connectivity index (χ1) is 59.7. The zero-order valence-electron chi connectivity index (χ0n) is 73.7. The number of aromatic nitrogens is 8. The van der Waals surface area contributed by atoms with E-state index in [4.69, 9.17) is 41.9 Å². The quantitative estimate of drug-likeness (QED) is 0.0285. The molecule has 28 nitrogen and oxygen atoms in total. The van der Waals surface area contributed by atoms with Crippen LogP contribution in [0.3, 0.4) is 0 Å². The maximum atomic E-state index is 12.4. The van der Waals surface area contributed by atoms with Crippen molar-refractivity contribution in [3.05, 3.63) is 164 Å². The Morgan fingerprint density at radius 1 is 0.325 bits per heavy atom. The second-order valence-corrected chi connectivity index (χ2v) is 34.6. The predicted octanol–water partition coefficient (Wildman–Crippen LogP) is 13.0. The van der Waals surface area contributed by atoms with Gasteiger partial charge in [0, 0.05) is 100 Å². The van der Waals surface area contributed by atoms with E-state index < -0.39 is 0 Å². The third-order valence-electron chi connectivity index (χ3n) is 23.9. The molecule has 0 unspecified atom stereocenters. The molecule has 4 fully saturated rings. The first-order valence-corrected chi connectivity index (χ1v) is 45.2. The van der Waals surface area contributed by atoms with Gasteiger partial charge in [0.1, 0.15) is 46.5 Å². The molecule has 0 bridgehead atoms. The second-order valence-electron chi connectivity index (χ2n) is 34.6. The van der Waals surface area contributed by atoms with Gasteiger partial charge in [-0.05, 0) is 195 Å². The third kappa shape index (κ3) is 25.5. The van der Waals surface area contributed by atoms with Gasteiger partial charge in [-0.3, -0.25) is 38.8 Å². The van der Waals surface area contributed by atoms with Crippen LogP contribution >= 0.6 is 0 Å². The van der Waals surface area contributed by atoms with Gasteiger partial charge in [0.25, 0.3) is 0 Å². The molecule has 0 spiro atoms. The van der Waals surface area contributed by atoms with Crippen LogP contribution in [0.5, 0.6) is 24.0 Å². The number of carbonyl (C=O) groups is 4. The summed E-state index contributed by atoms with van der Waals surface area (Å²) in [7, 11) is 0. The van der Waals surface area contributed by atoms with Gasteiger partial charge < -0.3 is 61.5 Å². The summed E-state index contributed by atoms with van der Waals surface area (Å²) in [5.41, 5.74) is 37.6. The predicted molar refractivity (Wildman–Crippen MR) is 484 cm³/mol. The van der Waals surface area contributed by atoms with Crippen LogP contribution in [0, 0.1) is 0 Å². The van der Waals surface area contributed by atoms with Gasteiger partial charge in [-0.2, -0.15) is 39.9 Å². The van der Waals surface area contributed by atoms with Gasteiger partial charge in [-0.15, -0.1) is 0 Å². The molecule has 12 heterocycles. The van der Waals surface area contributed by atoms with Crippen molar-refractivity contribution in [2.24, 2.45) is 0 Å². The molecule has 8 aromatic rings. The van der Waals surface area contributed by atoms with Crippen LogP contribution in [-0.2, 0) is 97.2 Å². The molecule has 0 amide bonds. The fourth-order valence-corrected chi connectivity index (χ4v) is 17.7. The Hall–Kier alpha value is -10.7. The molecule has 3 atom stereocenters. The van der Waals surface area contributed by atoms with Crippen molar-refractivity contribution in [1.82, 2.24) is 59.5 Å². The first-order valence-electron chi connectivity index (χ1n) is 45.2. The number of nitrogens with two attached hydrogens (primary N) is 4. The molecule has 8 aliphatic heterocycles. The van der Waals surface area contributed by atoms with Crippen LogP contribution in [0.25, 0.3) is 0 Å². The van der Waals surface area contributed by atoms with Gasteiger partial charge >= 0.3 is 24.0 Å². The second kappa shape index (κ2) is 44.1. The lowest BCUT2D eigenvalue weighted by atomic mass is 10.0. The van der Waals surface area contributed by atoms with Crippen LogP contribution in [0.2, 0.25) is 0 Å². The van der Waals surface area contributed by atoms with Gasteiger partial charge in [0.05, 0.1) is 51.1 Å². The number of carbonyl (C=O) groups excluding carboxylic acids is 4. The number of hydrogen-bond acceptors (Lipinski definition) is 28. The van der Waals surface area contributed by atoms with E-state index in [1.165, 1.54) is 118 Å². The summed E-state index contributed by atoms with van der Waals surface area (Å²) in [6.07, 6.45) is 19.3. The van der Waals surface area contributed by atoms with Crippen LogP contribution in [0.4, 0.5) is 46.5 Å². The Kier molecular flexibility index (Phi) is 32.3. The molecule has 16 rings (SSSR count). The molecule has 658 valence electrons. The van der Waals surface area contributed by atoms with Crippen molar-refractivity contribution in [1.29, 1.82) is 0 Å². The summed E-state index contributed by atoms with van der Waals surface area (Å²) in [6.45, 7) is 32.1. The van der Waals surface area contributed by atoms with Crippen LogP contribution in [0.1, 0.15) is 218 Å². The monoisotopic (exact) mass is 1680 g/mol. The van der Waals surface area contributed by atoms with E-state index >= 15 is 0 Å². The van der Waals surface area contributed by atoms with Gasteiger partial charge in [0.15, 0.2) is 23.1 Å². The van der Waals surface area contributed by atoms with E-state index in [9.17, 15) is 19.2 Å². The zero-order chi connectivity index (χ0) is 86.3. The van der Waals surface area contributed by atoms with E-state index in [2.05, 4.69) is 184 Å². The first kappa shape index (κ1) is 90.1. The molecule has 28 heteroatoms. The molecule has 4 saturated heterocycles. The fraction of sp³-hybridized carbons (Fsp3) is 0.537. The number of likely N-dealkylation sites (tertiary alicyclic amines) is 4. The Morgan fingerprint density at radius 2 is 0.610 bits per heavy atom. The van der Waals surface area contributed by atoms with Crippen molar-refractivity contribution in [3.63, 3.8) is 0 Å². The lowest BCUT2D eigenvalue weighted by molar-refractivity contribution is -0.118. The van der Waals surface area contributed by atoms with Crippen LogP contribution < -0.4 is 61.5 Å². The summed E-state index contributed by atoms with van der Waals surface area (Å²) in [4.78, 5) is 104. The summed E-state index contributed by atoms with van der Waals surface area (Å²) in [6, 6.07) is 35.6. The Bertz CT molecular complexity index is 4710. The number of fused-ring (bicyclic) bond motifs is 4. The number of nitrogen functional groups attached to an aromatic ring is 4. The number of anilines is 8. The average molecular weight is 1680 g/mol. The van der Waals surface area contributed by atoms with E-state index in [0.717, 1.165) is 125 Å². The van der Waals surface area contributed by atoms with E-state index in [-0.39, 0.29) is 73.1 Å². The Balaban J connectivity index is 0.000000141. The minimum atomic E-state index is 0.0170. The third-order valence-corrected chi connectivity index (χ3v) is 23.9. The van der Waals surface area contributed by atoms with Crippen molar-refractivity contribution in [3.8, 4) is 24.0 Å².